The average Bonchev–Trinajstić information content (AvgIpc) is 3.17. The van der Waals surface area contributed by atoms with Gasteiger partial charge in [0, 0.05) is 16.3 Å². The number of methoxy groups -OCH3 is 1. The molecule has 3 aromatic rings. The van der Waals surface area contributed by atoms with Gasteiger partial charge in [0.1, 0.15) is 16.7 Å². The molecule has 0 saturated carbocycles. The Morgan fingerprint density at radius 3 is 2.43 bits per heavy atom. The van der Waals surface area contributed by atoms with Gasteiger partial charge in [0.05, 0.1) is 7.11 Å². The Balaban J connectivity index is 1.76. The van der Waals surface area contributed by atoms with Crippen LogP contribution in [0, 0.1) is 13.8 Å². The van der Waals surface area contributed by atoms with Gasteiger partial charge in [-0.15, -0.1) is 11.3 Å². The summed E-state index contributed by atoms with van der Waals surface area (Å²) in [4.78, 5) is 1.71. The van der Waals surface area contributed by atoms with E-state index in [2.05, 4.69) is 4.72 Å². The molecule has 7 heteroatoms. The molecule has 0 bridgehead atoms. The maximum absolute atomic E-state index is 12.8. The summed E-state index contributed by atoms with van der Waals surface area (Å²) in [5, 5.41) is 10.5. The van der Waals surface area contributed by atoms with Crippen LogP contribution in [0.15, 0.2) is 59.5 Å². The smallest absolute Gasteiger partial charge is 0.244 e. The molecule has 0 fully saturated rings. The van der Waals surface area contributed by atoms with Crippen LogP contribution in [0.1, 0.15) is 32.5 Å². The van der Waals surface area contributed by atoms with Crippen LogP contribution in [0.3, 0.4) is 0 Å². The lowest BCUT2D eigenvalue weighted by Crippen LogP contribution is -2.23. The predicted octanol–water partition coefficient (Wildman–Crippen LogP) is 3.93. The number of hydrogen-bond acceptors (Lipinski definition) is 5. The van der Waals surface area contributed by atoms with E-state index >= 15 is 0 Å². The Morgan fingerprint density at radius 1 is 1.07 bits per heavy atom. The summed E-state index contributed by atoms with van der Waals surface area (Å²) in [6.45, 7) is 3.92. The van der Waals surface area contributed by atoms with Gasteiger partial charge in [-0.25, -0.2) is 13.1 Å². The van der Waals surface area contributed by atoms with Crippen molar-refractivity contribution in [1.29, 1.82) is 0 Å². The monoisotopic (exact) mass is 417 g/mol. The first-order chi connectivity index (χ1) is 13.3. The molecule has 2 N–H and O–H groups in total. The summed E-state index contributed by atoms with van der Waals surface area (Å²) in [6.07, 6.45) is -0.726. The second kappa shape index (κ2) is 8.45. The van der Waals surface area contributed by atoms with Gasteiger partial charge in [0.2, 0.25) is 10.0 Å². The van der Waals surface area contributed by atoms with Gasteiger partial charge in [-0.3, -0.25) is 0 Å². The van der Waals surface area contributed by atoms with Crippen LogP contribution in [-0.4, -0.2) is 20.6 Å². The molecule has 1 aromatic heterocycles. The molecule has 1 heterocycles. The summed E-state index contributed by atoms with van der Waals surface area (Å²) in [6, 6.07) is 16.4. The molecule has 5 nitrogen and oxygen atoms in total. The van der Waals surface area contributed by atoms with E-state index in [4.69, 9.17) is 4.74 Å². The number of aliphatic hydroxyl groups excluding tert-OH is 1. The van der Waals surface area contributed by atoms with Gasteiger partial charge in [0.25, 0.3) is 0 Å². The van der Waals surface area contributed by atoms with E-state index in [0.29, 0.717) is 5.75 Å². The van der Waals surface area contributed by atoms with Gasteiger partial charge in [-0.1, -0.05) is 30.3 Å². The Hall–Kier alpha value is -2.19. The molecule has 0 amide bonds. The topological polar surface area (TPSA) is 75.6 Å². The molecule has 3 rings (SSSR count). The third-order valence-electron chi connectivity index (χ3n) is 4.57. The van der Waals surface area contributed by atoms with Gasteiger partial charge < -0.3 is 9.84 Å². The van der Waals surface area contributed by atoms with Crippen molar-refractivity contribution < 1.29 is 18.3 Å². The molecule has 0 saturated heterocycles. The van der Waals surface area contributed by atoms with Crippen molar-refractivity contribution in [2.45, 2.75) is 31.4 Å². The van der Waals surface area contributed by atoms with E-state index in [0.717, 1.165) is 26.4 Å². The molecule has 2 aromatic carbocycles. The van der Waals surface area contributed by atoms with Gasteiger partial charge in [0.15, 0.2) is 0 Å². The molecule has 0 aliphatic heterocycles. The Labute approximate surface area is 169 Å². The third-order valence-corrected chi connectivity index (χ3v) is 7.13. The lowest BCUT2D eigenvalue weighted by molar-refractivity contribution is 0.224. The van der Waals surface area contributed by atoms with Crippen LogP contribution in [-0.2, 0) is 16.6 Å². The van der Waals surface area contributed by atoms with Crippen molar-refractivity contribution in [3.05, 3.63) is 81.0 Å². The van der Waals surface area contributed by atoms with Gasteiger partial charge >= 0.3 is 0 Å². The van der Waals surface area contributed by atoms with Crippen LogP contribution in [0.25, 0.3) is 0 Å². The van der Waals surface area contributed by atoms with E-state index in [1.165, 1.54) is 18.4 Å². The highest BCUT2D eigenvalue weighted by molar-refractivity contribution is 7.89. The first-order valence-corrected chi connectivity index (χ1v) is 11.1. The first-order valence-electron chi connectivity index (χ1n) is 8.78. The number of thiophene rings is 1. The van der Waals surface area contributed by atoms with Crippen molar-refractivity contribution >= 4 is 21.4 Å². The van der Waals surface area contributed by atoms with Crippen molar-refractivity contribution in [2.75, 3.05) is 7.11 Å². The van der Waals surface area contributed by atoms with Crippen LogP contribution in [0.4, 0.5) is 0 Å². The molecule has 148 valence electrons. The standard InChI is InChI=1S/C21H23NO4S2/c1-14-11-18(26-3)20(12-15(14)2)28(24,25)22-13-17-9-10-19(27-17)21(23)16-7-5-4-6-8-16/h4-12,21-23H,13H2,1-3H3. The van der Waals surface area contributed by atoms with E-state index in [9.17, 15) is 13.5 Å². The van der Waals surface area contributed by atoms with E-state index in [-0.39, 0.29) is 11.4 Å². The molecular formula is C21H23NO4S2. The number of rotatable bonds is 7. The summed E-state index contributed by atoms with van der Waals surface area (Å²) in [5.74, 6) is 0.321. The normalized spacial score (nSPS) is 12.7. The molecule has 0 spiro atoms. The van der Waals surface area contributed by atoms with Crippen LogP contribution >= 0.6 is 11.3 Å². The second-order valence-electron chi connectivity index (χ2n) is 6.53. The molecule has 0 aliphatic carbocycles. The minimum atomic E-state index is -3.73. The Bertz CT molecular complexity index is 1060. The van der Waals surface area contributed by atoms with Crippen LogP contribution < -0.4 is 9.46 Å². The fourth-order valence-electron chi connectivity index (χ4n) is 2.81. The fraction of sp³-hybridized carbons (Fsp3) is 0.238. The van der Waals surface area contributed by atoms with Crippen LogP contribution in [0.5, 0.6) is 5.75 Å². The predicted molar refractivity (Wildman–Crippen MR) is 111 cm³/mol. The van der Waals surface area contributed by atoms with Crippen molar-refractivity contribution in [3.63, 3.8) is 0 Å². The molecular weight excluding hydrogens is 394 g/mol. The zero-order valence-corrected chi connectivity index (χ0v) is 17.6. The van der Waals surface area contributed by atoms with E-state index in [1.54, 1.807) is 12.1 Å². The van der Waals surface area contributed by atoms with Crippen molar-refractivity contribution in [3.8, 4) is 5.75 Å². The minimum absolute atomic E-state index is 0.124. The molecule has 0 radical (unpaired) electrons. The van der Waals surface area contributed by atoms with Gasteiger partial charge in [-0.05, 0) is 54.8 Å². The third kappa shape index (κ3) is 4.44. The maximum atomic E-state index is 12.8. The SMILES string of the molecule is COc1cc(C)c(C)cc1S(=O)(=O)NCc1ccc(C(O)c2ccccc2)s1. The highest BCUT2D eigenvalue weighted by Gasteiger charge is 2.21. The number of sulfonamides is 1. The summed E-state index contributed by atoms with van der Waals surface area (Å²) >= 11 is 1.38. The Morgan fingerprint density at radius 2 is 1.75 bits per heavy atom. The first kappa shape index (κ1) is 20.5. The summed E-state index contributed by atoms with van der Waals surface area (Å²) in [7, 11) is -2.28. The lowest BCUT2D eigenvalue weighted by atomic mass is 10.1. The van der Waals surface area contributed by atoms with E-state index < -0.39 is 16.1 Å². The number of aryl methyl sites for hydroxylation is 2. The van der Waals surface area contributed by atoms with Crippen LogP contribution in [0.2, 0.25) is 0 Å². The fourth-order valence-corrected chi connectivity index (χ4v) is 5.11. The van der Waals surface area contributed by atoms with Crippen molar-refractivity contribution in [2.24, 2.45) is 0 Å². The molecule has 0 aliphatic rings. The second-order valence-corrected chi connectivity index (χ2v) is 9.46. The quantitative estimate of drug-likeness (QED) is 0.611. The number of benzene rings is 2. The zero-order chi connectivity index (χ0) is 20.3. The summed E-state index contributed by atoms with van der Waals surface area (Å²) < 4.78 is 33.4. The molecule has 28 heavy (non-hydrogen) atoms. The molecule has 1 atom stereocenters. The Kier molecular flexibility index (Phi) is 6.20. The van der Waals surface area contributed by atoms with E-state index in [1.807, 2.05) is 56.3 Å². The van der Waals surface area contributed by atoms with Crippen molar-refractivity contribution in [1.82, 2.24) is 4.72 Å². The number of hydrogen-bond donors (Lipinski definition) is 2. The summed E-state index contributed by atoms with van der Waals surface area (Å²) in [5.41, 5.74) is 2.65. The van der Waals surface area contributed by atoms with Gasteiger partial charge in [-0.2, -0.15) is 0 Å². The maximum Gasteiger partial charge on any atom is 0.244 e. The zero-order valence-electron chi connectivity index (χ0n) is 16.0. The lowest BCUT2D eigenvalue weighted by Gasteiger charge is -2.13. The number of ether oxygens (including phenoxy) is 1. The number of aliphatic hydroxyl groups is 1. The highest BCUT2D eigenvalue weighted by Crippen LogP contribution is 2.30. The average molecular weight is 418 g/mol. The highest BCUT2D eigenvalue weighted by atomic mass is 32.2. The minimum Gasteiger partial charge on any atom is -0.495 e. The largest absolute Gasteiger partial charge is 0.495 e. The number of nitrogens with one attached hydrogen (secondary N) is 1. The molecule has 1 unspecified atom stereocenters.